The van der Waals surface area contributed by atoms with Crippen molar-refractivity contribution in [3.8, 4) is 22.3 Å². The van der Waals surface area contributed by atoms with Gasteiger partial charge >= 0.3 is 0 Å². The van der Waals surface area contributed by atoms with Gasteiger partial charge in [0.2, 0.25) is 0 Å². The zero-order chi connectivity index (χ0) is 37.6. The van der Waals surface area contributed by atoms with Gasteiger partial charge in [-0.05, 0) is 142 Å². The second kappa shape index (κ2) is 12.9. The SMILES string of the molecule is CC(C)(C)c1ccccc1-c1cccc2sc3ccc(N(c4ccccc4-c4cccc5ccccc45)c4ccccc4C45CC6CC(CC(C6)C4)C5)cc3c12. The summed E-state index contributed by atoms with van der Waals surface area (Å²) >= 11 is 1.92. The summed E-state index contributed by atoms with van der Waals surface area (Å²) in [6, 6.07) is 57.7. The van der Waals surface area contributed by atoms with Crippen molar-refractivity contribution in [2.75, 3.05) is 4.90 Å². The molecule has 4 aliphatic carbocycles. The third-order valence-electron chi connectivity index (χ3n) is 13.7. The van der Waals surface area contributed by atoms with Gasteiger partial charge in [0.15, 0.2) is 0 Å². The molecule has 4 saturated carbocycles. The third kappa shape index (κ3) is 5.47. The van der Waals surface area contributed by atoms with Crippen molar-refractivity contribution >= 4 is 59.3 Å². The standard InChI is InChI=1S/C54H49NS/c1-53(2,3)46-21-8-6-17-42(46)44-20-13-25-51-52(44)45-31-39(26-27-50(45)56-51)55(48-23-10-7-18-43(48)41-19-12-15-38-14-4-5-16-40(38)41)49-24-11-9-22-47(49)54-32-35-28-36(33-54)30-37(29-35)34-54/h4-27,31,35-37H,28-30,32-34H2,1-3H3. The van der Waals surface area contributed by atoms with Gasteiger partial charge in [-0.15, -0.1) is 11.3 Å². The van der Waals surface area contributed by atoms with Crippen molar-refractivity contribution in [2.45, 2.75) is 70.1 Å². The van der Waals surface area contributed by atoms with Crippen LogP contribution in [0.1, 0.15) is 70.4 Å². The summed E-state index contributed by atoms with van der Waals surface area (Å²) < 4.78 is 2.68. The van der Waals surface area contributed by atoms with Crippen LogP contribution in [0.2, 0.25) is 0 Å². The molecule has 2 heteroatoms. The molecule has 4 bridgehead atoms. The maximum absolute atomic E-state index is 2.65. The van der Waals surface area contributed by atoms with E-state index in [0.717, 1.165) is 17.8 Å². The van der Waals surface area contributed by atoms with Gasteiger partial charge in [0.25, 0.3) is 0 Å². The first kappa shape index (κ1) is 34.1. The molecule has 0 saturated heterocycles. The normalized spacial score (nSPS) is 21.7. The van der Waals surface area contributed by atoms with E-state index in [-0.39, 0.29) is 10.8 Å². The average molecular weight is 744 g/mol. The minimum Gasteiger partial charge on any atom is -0.310 e. The van der Waals surface area contributed by atoms with Crippen LogP contribution in [-0.4, -0.2) is 0 Å². The van der Waals surface area contributed by atoms with Crippen LogP contribution in [0.15, 0.2) is 152 Å². The van der Waals surface area contributed by atoms with Crippen LogP contribution in [0.5, 0.6) is 0 Å². The molecule has 0 atom stereocenters. The Morgan fingerprint density at radius 1 is 0.518 bits per heavy atom. The van der Waals surface area contributed by atoms with Crippen LogP contribution >= 0.6 is 11.3 Å². The lowest BCUT2D eigenvalue weighted by molar-refractivity contribution is -0.00491. The largest absolute Gasteiger partial charge is 0.310 e. The number of thiophene rings is 1. The van der Waals surface area contributed by atoms with Crippen LogP contribution in [0.4, 0.5) is 17.1 Å². The topological polar surface area (TPSA) is 3.24 Å². The van der Waals surface area contributed by atoms with Gasteiger partial charge in [0.1, 0.15) is 0 Å². The molecular formula is C54H49NS. The summed E-state index contributed by atoms with van der Waals surface area (Å²) in [5.41, 5.74) is 12.2. The molecule has 0 radical (unpaired) electrons. The Morgan fingerprint density at radius 3 is 1.91 bits per heavy atom. The van der Waals surface area contributed by atoms with Gasteiger partial charge in [-0.3, -0.25) is 0 Å². The minimum absolute atomic E-state index is 0.0266. The fourth-order valence-corrected chi connectivity index (χ4v) is 13.0. The molecule has 276 valence electrons. The monoisotopic (exact) mass is 743 g/mol. The van der Waals surface area contributed by atoms with Gasteiger partial charge in [0.05, 0.1) is 5.69 Å². The maximum Gasteiger partial charge on any atom is 0.0540 e. The Balaban J connectivity index is 1.18. The molecule has 0 N–H and O–H groups in total. The summed E-state index contributed by atoms with van der Waals surface area (Å²) in [5.74, 6) is 2.61. The molecule has 0 aliphatic heterocycles. The first-order valence-electron chi connectivity index (χ1n) is 20.8. The molecule has 1 heterocycles. The van der Waals surface area contributed by atoms with E-state index in [2.05, 4.69) is 177 Å². The minimum atomic E-state index is 0.0266. The fourth-order valence-electron chi connectivity index (χ4n) is 11.9. The summed E-state index contributed by atoms with van der Waals surface area (Å²) in [4.78, 5) is 2.65. The number of hydrogen-bond donors (Lipinski definition) is 0. The smallest absolute Gasteiger partial charge is 0.0540 e. The molecule has 4 aliphatic rings. The number of hydrogen-bond acceptors (Lipinski definition) is 2. The second-order valence-corrected chi connectivity index (χ2v) is 19.4. The summed E-state index contributed by atoms with van der Waals surface area (Å²) in [6.45, 7) is 7.01. The van der Waals surface area contributed by atoms with Crippen LogP contribution in [0, 0.1) is 17.8 Å². The molecule has 12 rings (SSSR count). The summed E-state index contributed by atoms with van der Waals surface area (Å²) in [5, 5.41) is 5.26. The molecule has 8 aromatic rings. The molecular weight excluding hydrogens is 695 g/mol. The maximum atomic E-state index is 2.65. The van der Waals surface area contributed by atoms with Crippen molar-refractivity contribution < 1.29 is 0 Å². The molecule has 7 aromatic carbocycles. The summed E-state index contributed by atoms with van der Waals surface area (Å²) in [6.07, 6.45) is 8.32. The Kier molecular flexibility index (Phi) is 7.87. The number of para-hydroxylation sites is 2. The Bertz CT molecular complexity index is 2750. The van der Waals surface area contributed by atoms with Crippen LogP contribution in [0.25, 0.3) is 53.2 Å². The van der Waals surface area contributed by atoms with Crippen molar-refractivity contribution in [1.29, 1.82) is 0 Å². The van der Waals surface area contributed by atoms with Gasteiger partial charge < -0.3 is 4.90 Å². The van der Waals surface area contributed by atoms with E-state index < -0.39 is 0 Å². The number of nitrogens with zero attached hydrogens (tertiary/aromatic N) is 1. The number of fused-ring (bicyclic) bond motifs is 4. The Morgan fingerprint density at radius 2 is 1.12 bits per heavy atom. The van der Waals surface area contributed by atoms with E-state index >= 15 is 0 Å². The number of benzene rings is 7. The lowest BCUT2D eigenvalue weighted by Crippen LogP contribution is -2.48. The third-order valence-corrected chi connectivity index (χ3v) is 14.9. The van der Waals surface area contributed by atoms with Crippen LogP contribution < -0.4 is 4.90 Å². The highest BCUT2D eigenvalue weighted by Gasteiger charge is 2.52. The first-order valence-corrected chi connectivity index (χ1v) is 21.7. The first-order chi connectivity index (χ1) is 27.3. The van der Waals surface area contributed by atoms with E-state index in [4.69, 9.17) is 0 Å². The Labute approximate surface area is 335 Å². The lowest BCUT2D eigenvalue weighted by Gasteiger charge is -2.57. The summed E-state index contributed by atoms with van der Waals surface area (Å²) in [7, 11) is 0. The molecule has 1 nitrogen and oxygen atoms in total. The Hall–Kier alpha value is -5.18. The highest BCUT2D eigenvalue weighted by molar-refractivity contribution is 7.26. The number of anilines is 3. The number of rotatable bonds is 6. The van der Waals surface area contributed by atoms with E-state index in [1.807, 2.05) is 11.3 Å². The molecule has 56 heavy (non-hydrogen) atoms. The highest BCUT2D eigenvalue weighted by atomic mass is 32.1. The van der Waals surface area contributed by atoms with E-state index in [1.54, 1.807) is 5.56 Å². The predicted octanol–water partition coefficient (Wildman–Crippen LogP) is 15.8. The zero-order valence-corrected chi connectivity index (χ0v) is 33.6. The molecule has 0 amide bonds. The zero-order valence-electron chi connectivity index (χ0n) is 32.8. The molecule has 1 aromatic heterocycles. The van der Waals surface area contributed by atoms with E-state index in [9.17, 15) is 0 Å². The van der Waals surface area contributed by atoms with Gasteiger partial charge in [-0.1, -0.05) is 136 Å². The lowest BCUT2D eigenvalue weighted by atomic mass is 9.48. The van der Waals surface area contributed by atoms with Gasteiger partial charge in [0, 0.05) is 37.1 Å². The quantitative estimate of drug-likeness (QED) is 0.164. The van der Waals surface area contributed by atoms with Crippen molar-refractivity contribution in [3.63, 3.8) is 0 Å². The van der Waals surface area contributed by atoms with Crippen LogP contribution in [-0.2, 0) is 10.8 Å². The van der Waals surface area contributed by atoms with Crippen molar-refractivity contribution in [2.24, 2.45) is 17.8 Å². The molecule has 0 unspecified atom stereocenters. The van der Waals surface area contributed by atoms with E-state index in [0.29, 0.717) is 0 Å². The van der Waals surface area contributed by atoms with Crippen molar-refractivity contribution in [3.05, 3.63) is 163 Å². The van der Waals surface area contributed by atoms with Gasteiger partial charge in [-0.25, -0.2) is 0 Å². The highest BCUT2D eigenvalue weighted by Crippen LogP contribution is 2.62. The van der Waals surface area contributed by atoms with Crippen LogP contribution in [0.3, 0.4) is 0 Å². The van der Waals surface area contributed by atoms with E-state index in [1.165, 1.54) is 114 Å². The fraction of sp³-hybridized carbons (Fsp3) is 0.259. The second-order valence-electron chi connectivity index (χ2n) is 18.4. The predicted molar refractivity (Wildman–Crippen MR) is 241 cm³/mol. The van der Waals surface area contributed by atoms with Crippen molar-refractivity contribution in [1.82, 2.24) is 0 Å². The molecule has 0 spiro atoms. The molecule has 4 fully saturated rings. The van der Waals surface area contributed by atoms with Gasteiger partial charge in [-0.2, -0.15) is 0 Å². The average Bonchev–Trinajstić information content (AvgIpc) is 3.59.